The normalized spacial score (nSPS) is 21.9. The minimum Gasteiger partial charge on any atom is -0.372 e. The molecule has 3 atom stereocenters. The summed E-state index contributed by atoms with van der Waals surface area (Å²) in [5.41, 5.74) is -2.26. The van der Waals surface area contributed by atoms with Crippen molar-refractivity contribution in [2.75, 3.05) is 13.2 Å². The fraction of sp³-hybridized carbons (Fsp3) is 0.400. The highest BCUT2D eigenvalue weighted by molar-refractivity contribution is 5.35. The van der Waals surface area contributed by atoms with Gasteiger partial charge in [-0.1, -0.05) is 30.3 Å². The number of piperidine rings is 1. The van der Waals surface area contributed by atoms with Gasteiger partial charge in [0.05, 0.1) is 29.4 Å². The van der Waals surface area contributed by atoms with Crippen LogP contribution in [0.5, 0.6) is 0 Å². The topological polar surface area (TPSA) is 69.9 Å². The first kappa shape index (κ1) is 26.0. The van der Waals surface area contributed by atoms with Crippen molar-refractivity contribution in [1.82, 2.24) is 15.5 Å². The Morgan fingerprint density at radius 2 is 1.61 bits per heavy atom. The number of aromatic nitrogens is 2. The average Bonchev–Trinajstić information content (AvgIpc) is 3.28. The van der Waals surface area contributed by atoms with E-state index >= 15 is 0 Å². The van der Waals surface area contributed by atoms with Crippen molar-refractivity contribution in [3.63, 3.8) is 0 Å². The summed E-state index contributed by atoms with van der Waals surface area (Å²) in [6, 6.07) is 12.3. The molecular weight excluding hydrogens is 488 g/mol. The number of benzene rings is 2. The van der Waals surface area contributed by atoms with Gasteiger partial charge < -0.3 is 15.2 Å². The van der Waals surface area contributed by atoms with Crippen molar-refractivity contribution in [3.8, 4) is 0 Å². The molecule has 0 spiro atoms. The second kappa shape index (κ2) is 9.78. The van der Waals surface area contributed by atoms with E-state index in [1.54, 1.807) is 0 Å². The van der Waals surface area contributed by atoms with Gasteiger partial charge in [0, 0.05) is 24.2 Å². The van der Waals surface area contributed by atoms with Gasteiger partial charge in [0.1, 0.15) is 0 Å². The Balaban J connectivity index is 1.57. The second-order valence-electron chi connectivity index (χ2n) is 9.07. The number of rotatable bonds is 6. The molecule has 3 aromatic rings. The van der Waals surface area contributed by atoms with Crippen molar-refractivity contribution in [1.29, 1.82) is 0 Å². The van der Waals surface area contributed by atoms with Gasteiger partial charge in [-0.05, 0) is 49.1 Å². The molecule has 2 aromatic carbocycles. The Morgan fingerprint density at radius 1 is 0.972 bits per heavy atom. The molecular formula is C25H25F6N3O2. The number of hydrogen-bond donors (Lipinski definition) is 3. The largest absolute Gasteiger partial charge is 0.416 e. The van der Waals surface area contributed by atoms with Crippen LogP contribution >= 0.6 is 0 Å². The Hall–Kier alpha value is -3.05. The lowest BCUT2D eigenvalue weighted by atomic mass is 9.79. The van der Waals surface area contributed by atoms with Crippen molar-refractivity contribution in [3.05, 3.63) is 92.9 Å². The van der Waals surface area contributed by atoms with E-state index in [0.717, 1.165) is 11.3 Å². The number of nitrogens with one attached hydrogen (secondary N) is 3. The van der Waals surface area contributed by atoms with Crippen molar-refractivity contribution in [2.45, 2.75) is 49.7 Å². The molecule has 4 rings (SSSR count). The zero-order chi connectivity index (χ0) is 26.1. The van der Waals surface area contributed by atoms with Crippen LogP contribution in [0.2, 0.25) is 0 Å². The van der Waals surface area contributed by atoms with E-state index < -0.39 is 35.1 Å². The van der Waals surface area contributed by atoms with Crippen molar-refractivity contribution in [2.24, 2.45) is 0 Å². The highest BCUT2D eigenvalue weighted by atomic mass is 19.4. The molecule has 1 aliphatic rings. The van der Waals surface area contributed by atoms with E-state index in [-0.39, 0.29) is 29.7 Å². The van der Waals surface area contributed by atoms with Crippen LogP contribution in [0.15, 0.2) is 59.4 Å². The fourth-order valence-electron chi connectivity index (χ4n) is 4.55. The highest BCUT2D eigenvalue weighted by Gasteiger charge is 2.40. The van der Waals surface area contributed by atoms with Gasteiger partial charge >= 0.3 is 12.4 Å². The monoisotopic (exact) mass is 513 g/mol. The highest BCUT2D eigenvalue weighted by Crippen LogP contribution is 2.40. The van der Waals surface area contributed by atoms with E-state index in [2.05, 4.69) is 15.5 Å². The summed E-state index contributed by atoms with van der Waals surface area (Å²) in [7, 11) is 0. The standard InChI is InChI=1S/C25H25F6N3O2/c1-15(17-9-19(24(26,27)28)11-20(10-17)25(29,30)31)36-14-23(18-5-3-2-4-6-18)8-7-16(13-32-23)21-12-22(35)34-33-21/h2-6,9-12,15-16,32H,7-8,13-14H2,1H3,(H2,33,34,35)/t15?,16?,23-/m1/s1. The molecule has 1 aromatic heterocycles. The zero-order valence-electron chi connectivity index (χ0n) is 19.3. The van der Waals surface area contributed by atoms with Gasteiger partial charge in [-0.2, -0.15) is 26.3 Å². The fourth-order valence-corrected chi connectivity index (χ4v) is 4.55. The SMILES string of the molecule is CC(OC[C@@]1(c2ccccc2)CCC(c2cc(=O)[nH][nH]2)CN1)c1cc(C(F)(F)F)cc(C(F)(F)F)c1. The lowest BCUT2D eigenvalue weighted by molar-refractivity contribution is -0.143. The smallest absolute Gasteiger partial charge is 0.372 e. The first-order valence-corrected chi connectivity index (χ1v) is 11.4. The van der Waals surface area contributed by atoms with Gasteiger partial charge in [0.25, 0.3) is 5.56 Å². The molecule has 1 aliphatic heterocycles. The van der Waals surface area contributed by atoms with Crippen LogP contribution in [0, 0.1) is 0 Å². The molecule has 1 fully saturated rings. The van der Waals surface area contributed by atoms with Gasteiger partial charge in [0.15, 0.2) is 0 Å². The molecule has 2 heterocycles. The average molecular weight is 513 g/mol. The summed E-state index contributed by atoms with van der Waals surface area (Å²) in [5.74, 6) is 0.0241. The van der Waals surface area contributed by atoms with Crippen LogP contribution in [-0.4, -0.2) is 23.3 Å². The number of hydrogen-bond acceptors (Lipinski definition) is 3. The first-order chi connectivity index (χ1) is 16.9. The van der Waals surface area contributed by atoms with E-state index in [1.165, 1.54) is 13.0 Å². The molecule has 194 valence electrons. The summed E-state index contributed by atoms with van der Waals surface area (Å²) >= 11 is 0. The summed E-state index contributed by atoms with van der Waals surface area (Å²) in [5, 5.41) is 8.83. The predicted octanol–water partition coefficient (Wildman–Crippen LogP) is 5.88. The minimum atomic E-state index is -4.93. The van der Waals surface area contributed by atoms with Crippen LogP contribution in [0.1, 0.15) is 59.7 Å². The molecule has 5 nitrogen and oxygen atoms in total. The maximum atomic E-state index is 13.3. The van der Waals surface area contributed by atoms with E-state index in [9.17, 15) is 31.1 Å². The molecule has 2 unspecified atom stereocenters. The number of aromatic amines is 2. The van der Waals surface area contributed by atoms with Gasteiger partial charge in [-0.15, -0.1) is 0 Å². The van der Waals surface area contributed by atoms with Gasteiger partial charge in [-0.25, -0.2) is 0 Å². The lowest BCUT2D eigenvalue weighted by Crippen LogP contribution is -2.51. The Labute approximate surface area is 202 Å². The molecule has 36 heavy (non-hydrogen) atoms. The third-order valence-corrected chi connectivity index (χ3v) is 6.65. The molecule has 11 heteroatoms. The summed E-state index contributed by atoms with van der Waals surface area (Å²) in [4.78, 5) is 11.5. The quantitative estimate of drug-likeness (QED) is 0.361. The minimum absolute atomic E-state index is 0.0200. The zero-order valence-corrected chi connectivity index (χ0v) is 19.3. The maximum Gasteiger partial charge on any atom is 0.416 e. The molecule has 1 saturated heterocycles. The van der Waals surface area contributed by atoms with Crippen LogP contribution in [0.25, 0.3) is 0 Å². The number of ether oxygens (including phenoxy) is 1. The Morgan fingerprint density at radius 3 is 2.11 bits per heavy atom. The van der Waals surface area contributed by atoms with Crippen molar-refractivity contribution < 1.29 is 31.1 Å². The summed E-state index contributed by atoms with van der Waals surface area (Å²) in [6.45, 7) is 1.94. The van der Waals surface area contributed by atoms with Crippen LogP contribution in [0.4, 0.5) is 26.3 Å². The third kappa shape index (κ3) is 5.67. The summed E-state index contributed by atoms with van der Waals surface area (Å²) in [6.07, 6.45) is -9.65. The van der Waals surface area contributed by atoms with Gasteiger partial charge in [-0.3, -0.25) is 9.89 Å². The van der Waals surface area contributed by atoms with Crippen LogP contribution in [-0.2, 0) is 22.6 Å². The Bertz CT molecular complexity index is 1190. The lowest BCUT2D eigenvalue weighted by Gasteiger charge is -2.42. The van der Waals surface area contributed by atoms with E-state index in [4.69, 9.17) is 4.74 Å². The first-order valence-electron chi connectivity index (χ1n) is 11.4. The van der Waals surface area contributed by atoms with Crippen LogP contribution < -0.4 is 10.9 Å². The van der Waals surface area contributed by atoms with Crippen LogP contribution in [0.3, 0.4) is 0 Å². The molecule has 0 amide bonds. The maximum absolute atomic E-state index is 13.3. The Kier molecular flexibility index (Phi) is 7.07. The van der Waals surface area contributed by atoms with E-state index in [0.29, 0.717) is 31.5 Å². The second-order valence-corrected chi connectivity index (χ2v) is 9.07. The summed E-state index contributed by atoms with van der Waals surface area (Å²) < 4.78 is 85.7. The predicted molar refractivity (Wildman–Crippen MR) is 120 cm³/mol. The molecule has 3 N–H and O–H groups in total. The number of alkyl halides is 6. The number of H-pyrrole nitrogens is 2. The molecule has 0 bridgehead atoms. The van der Waals surface area contributed by atoms with Crippen molar-refractivity contribution >= 4 is 0 Å². The molecule has 0 saturated carbocycles. The number of halogens is 6. The third-order valence-electron chi connectivity index (χ3n) is 6.65. The molecule has 0 radical (unpaired) electrons. The van der Waals surface area contributed by atoms with E-state index in [1.807, 2.05) is 30.3 Å². The van der Waals surface area contributed by atoms with Gasteiger partial charge in [0.2, 0.25) is 0 Å². The molecule has 0 aliphatic carbocycles.